The van der Waals surface area contributed by atoms with Gasteiger partial charge in [0.2, 0.25) is 0 Å². The lowest BCUT2D eigenvalue weighted by Crippen LogP contribution is -2.40. The van der Waals surface area contributed by atoms with Gasteiger partial charge in [-0.3, -0.25) is 13.9 Å². The van der Waals surface area contributed by atoms with E-state index in [2.05, 4.69) is 4.98 Å². The van der Waals surface area contributed by atoms with E-state index < -0.39 is 17.1 Å². The highest BCUT2D eigenvalue weighted by Crippen LogP contribution is 2.11. The molecule has 0 amide bonds. The number of benzene rings is 1. The molecule has 1 aromatic carbocycles. The van der Waals surface area contributed by atoms with E-state index in [0.717, 1.165) is 4.57 Å². The lowest BCUT2D eigenvalue weighted by molar-refractivity contribution is 0.478. The van der Waals surface area contributed by atoms with Crippen molar-refractivity contribution in [3.05, 3.63) is 99.0 Å². The van der Waals surface area contributed by atoms with Crippen molar-refractivity contribution in [1.82, 2.24) is 14.1 Å². The predicted octanol–water partition coefficient (Wildman–Crippen LogP) is 2.39. The first-order valence-corrected chi connectivity index (χ1v) is 7.99. The molecule has 0 unspecified atom stereocenters. The maximum absolute atomic E-state index is 14.1. The molecule has 0 atom stereocenters. The molecule has 3 aromatic heterocycles. The molecule has 6 nitrogen and oxygen atoms in total. The molecule has 4 aromatic rings. The summed E-state index contributed by atoms with van der Waals surface area (Å²) in [6.45, 7) is -0.0375. The van der Waals surface area contributed by atoms with E-state index in [1.807, 2.05) is 0 Å². The number of fused-ring (bicyclic) bond motifs is 1. The molecule has 3 heterocycles. The molecule has 0 saturated carbocycles. The van der Waals surface area contributed by atoms with Gasteiger partial charge in [-0.2, -0.15) is 0 Å². The quantitative estimate of drug-likeness (QED) is 0.566. The third-order valence-corrected chi connectivity index (χ3v) is 4.16. The Kier molecular flexibility index (Phi) is 3.96. The Morgan fingerprint density at radius 2 is 1.81 bits per heavy atom. The monoisotopic (exact) mass is 351 g/mol. The maximum atomic E-state index is 14.1. The zero-order valence-electron chi connectivity index (χ0n) is 13.6. The first-order chi connectivity index (χ1) is 12.6. The van der Waals surface area contributed by atoms with Crippen LogP contribution in [0.25, 0.3) is 11.0 Å². The Morgan fingerprint density at radius 3 is 2.58 bits per heavy atom. The second-order valence-electron chi connectivity index (χ2n) is 5.81. The van der Waals surface area contributed by atoms with Crippen molar-refractivity contribution in [2.75, 3.05) is 0 Å². The van der Waals surface area contributed by atoms with Crippen LogP contribution in [0.15, 0.2) is 75.0 Å². The van der Waals surface area contributed by atoms with Gasteiger partial charge in [-0.05, 0) is 30.3 Å². The molecule has 4 rings (SSSR count). The average Bonchev–Trinajstić information content (AvgIpc) is 3.17. The Labute approximate surface area is 146 Å². The molecular formula is C19H14FN3O3. The minimum atomic E-state index is -0.569. The summed E-state index contributed by atoms with van der Waals surface area (Å²) in [5, 5.41) is 0.287. The molecule has 0 aliphatic carbocycles. The van der Waals surface area contributed by atoms with E-state index in [1.54, 1.807) is 42.5 Å². The van der Waals surface area contributed by atoms with E-state index in [-0.39, 0.29) is 24.1 Å². The number of halogens is 1. The summed E-state index contributed by atoms with van der Waals surface area (Å²) >= 11 is 0. The molecule has 0 radical (unpaired) electrons. The van der Waals surface area contributed by atoms with Crippen molar-refractivity contribution < 1.29 is 8.81 Å². The number of hydrogen-bond acceptors (Lipinski definition) is 4. The Hall–Kier alpha value is -3.48. The molecular weight excluding hydrogens is 337 g/mol. The molecule has 0 spiro atoms. The topological polar surface area (TPSA) is 70.0 Å². The Bertz CT molecular complexity index is 1190. The molecule has 0 saturated heterocycles. The van der Waals surface area contributed by atoms with Gasteiger partial charge in [-0.25, -0.2) is 14.2 Å². The van der Waals surface area contributed by atoms with Crippen LogP contribution in [0, 0.1) is 5.82 Å². The Morgan fingerprint density at radius 1 is 0.962 bits per heavy atom. The van der Waals surface area contributed by atoms with Gasteiger partial charge < -0.3 is 4.42 Å². The molecule has 7 heteroatoms. The summed E-state index contributed by atoms with van der Waals surface area (Å²) < 4.78 is 21.7. The van der Waals surface area contributed by atoms with Crippen molar-refractivity contribution >= 4 is 11.0 Å². The van der Waals surface area contributed by atoms with Gasteiger partial charge in [0.25, 0.3) is 5.56 Å². The third-order valence-electron chi connectivity index (χ3n) is 4.16. The number of furan rings is 1. The maximum Gasteiger partial charge on any atom is 0.333 e. The van der Waals surface area contributed by atoms with Gasteiger partial charge in [-0.15, -0.1) is 0 Å². The molecule has 0 fully saturated rings. The SMILES string of the molecule is O=c1c2cccnc2n(Cc2ccccc2F)c(=O)n1Cc1ccco1. The lowest BCUT2D eigenvalue weighted by atomic mass is 10.2. The van der Waals surface area contributed by atoms with E-state index in [4.69, 9.17) is 4.42 Å². The van der Waals surface area contributed by atoms with Crippen LogP contribution in [0.2, 0.25) is 0 Å². The number of nitrogens with zero attached hydrogens (tertiary/aromatic N) is 3. The number of rotatable bonds is 4. The fourth-order valence-corrected chi connectivity index (χ4v) is 2.88. The van der Waals surface area contributed by atoms with Gasteiger partial charge in [0.15, 0.2) is 0 Å². The Balaban J connectivity index is 1.95. The molecule has 0 aliphatic heterocycles. The standard InChI is InChI=1S/C19H14FN3O3/c20-16-8-2-1-5-13(16)11-22-17-15(7-3-9-21-17)18(24)23(19(22)25)12-14-6-4-10-26-14/h1-10H,11-12H2. The second kappa shape index (κ2) is 6.44. The first kappa shape index (κ1) is 16.0. The van der Waals surface area contributed by atoms with Crippen LogP contribution in [-0.4, -0.2) is 14.1 Å². The lowest BCUT2D eigenvalue weighted by Gasteiger charge is -2.13. The van der Waals surface area contributed by atoms with E-state index in [9.17, 15) is 14.0 Å². The van der Waals surface area contributed by atoms with Gasteiger partial charge in [0.1, 0.15) is 17.2 Å². The normalized spacial score (nSPS) is 11.1. The second-order valence-corrected chi connectivity index (χ2v) is 5.81. The van der Waals surface area contributed by atoms with Gasteiger partial charge in [0, 0.05) is 11.8 Å². The minimum Gasteiger partial charge on any atom is -0.467 e. The van der Waals surface area contributed by atoms with Crippen LogP contribution in [0.3, 0.4) is 0 Å². The zero-order chi connectivity index (χ0) is 18.1. The van der Waals surface area contributed by atoms with Crippen molar-refractivity contribution in [3.63, 3.8) is 0 Å². The van der Waals surface area contributed by atoms with Crippen molar-refractivity contribution in [2.45, 2.75) is 13.1 Å². The summed E-state index contributed by atoms with van der Waals surface area (Å²) in [4.78, 5) is 29.9. The van der Waals surface area contributed by atoms with Crippen LogP contribution in [-0.2, 0) is 13.1 Å². The van der Waals surface area contributed by atoms with Crippen LogP contribution in [0.5, 0.6) is 0 Å². The number of aromatic nitrogens is 3. The van der Waals surface area contributed by atoms with E-state index in [1.165, 1.54) is 23.1 Å². The third kappa shape index (κ3) is 2.73. The summed E-state index contributed by atoms with van der Waals surface area (Å²) in [6.07, 6.45) is 2.97. The van der Waals surface area contributed by atoms with Gasteiger partial charge >= 0.3 is 5.69 Å². The molecule has 26 heavy (non-hydrogen) atoms. The van der Waals surface area contributed by atoms with Crippen molar-refractivity contribution in [2.24, 2.45) is 0 Å². The minimum absolute atomic E-state index is 0.00717. The van der Waals surface area contributed by atoms with E-state index >= 15 is 0 Å². The summed E-state index contributed by atoms with van der Waals surface area (Å²) in [5.41, 5.74) is -0.466. The fraction of sp³-hybridized carbons (Fsp3) is 0.105. The largest absolute Gasteiger partial charge is 0.467 e. The van der Waals surface area contributed by atoms with E-state index in [0.29, 0.717) is 11.3 Å². The highest BCUT2D eigenvalue weighted by atomic mass is 19.1. The molecule has 130 valence electrons. The smallest absolute Gasteiger partial charge is 0.333 e. The molecule has 0 N–H and O–H groups in total. The number of pyridine rings is 1. The average molecular weight is 351 g/mol. The highest BCUT2D eigenvalue weighted by Gasteiger charge is 2.16. The fourth-order valence-electron chi connectivity index (χ4n) is 2.88. The van der Waals surface area contributed by atoms with Crippen LogP contribution in [0.1, 0.15) is 11.3 Å². The summed E-state index contributed by atoms with van der Waals surface area (Å²) in [7, 11) is 0. The van der Waals surface area contributed by atoms with Crippen molar-refractivity contribution in [1.29, 1.82) is 0 Å². The molecule has 0 aliphatic rings. The van der Waals surface area contributed by atoms with Gasteiger partial charge in [-0.1, -0.05) is 18.2 Å². The number of hydrogen-bond donors (Lipinski definition) is 0. The zero-order valence-corrected chi connectivity index (χ0v) is 13.6. The predicted molar refractivity (Wildman–Crippen MR) is 93.6 cm³/mol. The highest BCUT2D eigenvalue weighted by molar-refractivity contribution is 5.73. The van der Waals surface area contributed by atoms with Crippen LogP contribution < -0.4 is 11.2 Å². The van der Waals surface area contributed by atoms with Crippen molar-refractivity contribution in [3.8, 4) is 0 Å². The molecule has 0 bridgehead atoms. The first-order valence-electron chi connectivity index (χ1n) is 7.99. The van der Waals surface area contributed by atoms with Gasteiger partial charge in [0.05, 0.1) is 24.7 Å². The van der Waals surface area contributed by atoms with Crippen LogP contribution >= 0.6 is 0 Å². The van der Waals surface area contributed by atoms with Crippen LogP contribution in [0.4, 0.5) is 4.39 Å². The summed E-state index contributed by atoms with van der Waals surface area (Å²) in [6, 6.07) is 12.8. The summed E-state index contributed by atoms with van der Waals surface area (Å²) in [5.74, 6) is 0.0529.